The molecule has 8 heteroatoms. The SMILES string of the molecule is CCCC1(CC(=O)OCC)c2ccc(Cl)cc2C(=O)C1NC(=O)C(=O)OCC. The van der Waals surface area contributed by atoms with E-state index in [-0.39, 0.29) is 19.6 Å². The molecule has 0 saturated heterocycles. The van der Waals surface area contributed by atoms with E-state index in [1.54, 1.807) is 26.0 Å². The number of hydrogen-bond acceptors (Lipinski definition) is 6. The zero-order valence-corrected chi connectivity index (χ0v) is 16.9. The molecule has 28 heavy (non-hydrogen) atoms. The molecule has 0 fully saturated rings. The van der Waals surface area contributed by atoms with Gasteiger partial charge >= 0.3 is 17.8 Å². The fourth-order valence-corrected chi connectivity index (χ4v) is 3.96. The van der Waals surface area contributed by atoms with Crippen LogP contribution in [0.15, 0.2) is 18.2 Å². The number of carbonyl (C=O) groups is 4. The van der Waals surface area contributed by atoms with Crippen molar-refractivity contribution in [1.29, 1.82) is 0 Å². The number of benzene rings is 1. The topological polar surface area (TPSA) is 98.8 Å². The van der Waals surface area contributed by atoms with E-state index in [1.807, 2.05) is 6.92 Å². The average Bonchev–Trinajstić information content (AvgIpc) is 2.84. The number of carbonyl (C=O) groups excluding carboxylic acids is 4. The maximum absolute atomic E-state index is 13.1. The lowest BCUT2D eigenvalue weighted by molar-refractivity contribution is -0.155. The first-order valence-corrected chi connectivity index (χ1v) is 9.66. The molecule has 0 bridgehead atoms. The predicted octanol–water partition coefficient (Wildman–Crippen LogP) is 2.58. The Hall–Kier alpha value is -2.41. The molecule has 1 aromatic carbocycles. The first-order valence-electron chi connectivity index (χ1n) is 9.28. The summed E-state index contributed by atoms with van der Waals surface area (Å²) in [5.41, 5.74) is -0.0782. The average molecular weight is 410 g/mol. The molecule has 0 saturated carbocycles. The zero-order chi connectivity index (χ0) is 20.9. The van der Waals surface area contributed by atoms with E-state index in [1.165, 1.54) is 6.07 Å². The monoisotopic (exact) mass is 409 g/mol. The van der Waals surface area contributed by atoms with Gasteiger partial charge in [-0.25, -0.2) is 4.79 Å². The first kappa shape index (κ1) is 21.9. The summed E-state index contributed by atoms with van der Waals surface area (Å²) >= 11 is 6.05. The maximum atomic E-state index is 13.1. The van der Waals surface area contributed by atoms with Crippen molar-refractivity contribution in [3.63, 3.8) is 0 Å². The van der Waals surface area contributed by atoms with E-state index >= 15 is 0 Å². The maximum Gasteiger partial charge on any atom is 0.396 e. The number of ether oxygens (including phenoxy) is 2. The van der Waals surface area contributed by atoms with Crippen LogP contribution in [-0.2, 0) is 29.3 Å². The van der Waals surface area contributed by atoms with E-state index in [0.29, 0.717) is 29.0 Å². The minimum Gasteiger partial charge on any atom is -0.466 e. The summed E-state index contributed by atoms with van der Waals surface area (Å²) in [6, 6.07) is 3.76. The Kier molecular flexibility index (Phi) is 7.18. The van der Waals surface area contributed by atoms with Crippen LogP contribution in [0, 0.1) is 0 Å². The van der Waals surface area contributed by atoms with Gasteiger partial charge in [0.15, 0.2) is 5.78 Å². The van der Waals surface area contributed by atoms with Crippen LogP contribution >= 0.6 is 11.6 Å². The number of ketones is 1. The number of hydrogen-bond donors (Lipinski definition) is 1. The summed E-state index contributed by atoms with van der Waals surface area (Å²) in [7, 11) is 0. The Morgan fingerprint density at radius 3 is 2.43 bits per heavy atom. The normalized spacial score (nSPS) is 20.4. The second kappa shape index (κ2) is 9.19. The molecule has 1 aliphatic rings. The van der Waals surface area contributed by atoms with Crippen LogP contribution in [0.5, 0.6) is 0 Å². The van der Waals surface area contributed by atoms with Crippen LogP contribution in [-0.4, -0.2) is 42.9 Å². The molecule has 1 aliphatic carbocycles. The van der Waals surface area contributed by atoms with Gasteiger partial charge in [0.2, 0.25) is 0 Å². The number of amides is 1. The molecule has 152 valence electrons. The number of Topliss-reactive ketones (excluding diaryl/α,β-unsaturated/α-hetero) is 1. The highest BCUT2D eigenvalue weighted by Gasteiger charge is 2.53. The van der Waals surface area contributed by atoms with Crippen molar-refractivity contribution in [2.75, 3.05) is 13.2 Å². The largest absolute Gasteiger partial charge is 0.466 e. The van der Waals surface area contributed by atoms with Crippen LogP contribution in [0.25, 0.3) is 0 Å². The van der Waals surface area contributed by atoms with Gasteiger partial charge in [0.1, 0.15) is 6.04 Å². The summed E-state index contributed by atoms with van der Waals surface area (Å²) < 4.78 is 9.83. The van der Waals surface area contributed by atoms with Gasteiger partial charge < -0.3 is 14.8 Å². The Morgan fingerprint density at radius 1 is 1.14 bits per heavy atom. The van der Waals surface area contributed by atoms with Gasteiger partial charge in [0.25, 0.3) is 0 Å². The van der Waals surface area contributed by atoms with Crippen LogP contribution < -0.4 is 5.32 Å². The quantitative estimate of drug-likeness (QED) is 0.549. The molecular formula is C20H24ClNO6. The highest BCUT2D eigenvalue weighted by Crippen LogP contribution is 2.46. The lowest BCUT2D eigenvalue weighted by atomic mass is 9.72. The van der Waals surface area contributed by atoms with E-state index < -0.39 is 35.1 Å². The summed E-state index contributed by atoms with van der Waals surface area (Å²) in [6.45, 7) is 5.41. The van der Waals surface area contributed by atoms with Crippen LogP contribution in [0.3, 0.4) is 0 Å². The van der Waals surface area contributed by atoms with Gasteiger partial charge in [-0.2, -0.15) is 0 Å². The summed E-state index contributed by atoms with van der Waals surface area (Å²) in [6.07, 6.45) is 0.962. The molecule has 0 radical (unpaired) electrons. The lowest BCUT2D eigenvalue weighted by Crippen LogP contribution is -2.53. The van der Waals surface area contributed by atoms with Gasteiger partial charge in [0, 0.05) is 16.0 Å². The fourth-order valence-electron chi connectivity index (χ4n) is 3.79. The van der Waals surface area contributed by atoms with Gasteiger partial charge in [-0.3, -0.25) is 14.4 Å². The molecule has 2 unspecified atom stereocenters. The van der Waals surface area contributed by atoms with Gasteiger partial charge in [0.05, 0.1) is 19.6 Å². The molecule has 1 aromatic rings. The van der Waals surface area contributed by atoms with Crippen molar-refractivity contribution < 1.29 is 28.7 Å². The molecule has 0 aliphatic heterocycles. The lowest BCUT2D eigenvalue weighted by Gasteiger charge is -2.35. The van der Waals surface area contributed by atoms with E-state index in [9.17, 15) is 19.2 Å². The molecule has 0 aromatic heterocycles. The minimum atomic E-state index is -1.10. The zero-order valence-electron chi connectivity index (χ0n) is 16.2. The van der Waals surface area contributed by atoms with E-state index in [0.717, 1.165) is 0 Å². The Labute approximate surface area is 168 Å². The second-order valence-corrected chi connectivity index (χ2v) is 7.01. The standard InChI is InChI=1S/C20H24ClNO6/c1-4-9-20(11-15(23)27-5-2)14-8-7-12(21)10-13(14)16(24)17(20)22-18(25)19(26)28-6-3/h7-8,10,17H,4-6,9,11H2,1-3H3,(H,22,25). The molecule has 2 rings (SSSR count). The molecule has 7 nitrogen and oxygen atoms in total. The van der Waals surface area contributed by atoms with Gasteiger partial charge in [-0.05, 0) is 38.0 Å². The minimum absolute atomic E-state index is 0.0314. The van der Waals surface area contributed by atoms with E-state index in [4.69, 9.17) is 21.1 Å². The number of rotatable bonds is 7. The molecule has 0 heterocycles. The molecule has 0 spiro atoms. The van der Waals surface area contributed by atoms with Crippen LogP contribution in [0.2, 0.25) is 5.02 Å². The first-order chi connectivity index (χ1) is 13.3. The number of esters is 2. The summed E-state index contributed by atoms with van der Waals surface area (Å²) in [5.74, 6) is -2.98. The van der Waals surface area contributed by atoms with Gasteiger partial charge in [-0.1, -0.05) is 31.0 Å². The summed E-state index contributed by atoms with van der Waals surface area (Å²) in [4.78, 5) is 49.6. The van der Waals surface area contributed by atoms with Crippen molar-refractivity contribution >= 4 is 35.2 Å². The van der Waals surface area contributed by atoms with Crippen molar-refractivity contribution in [2.24, 2.45) is 0 Å². The third-order valence-electron chi connectivity index (χ3n) is 4.80. The second-order valence-electron chi connectivity index (χ2n) is 6.57. The Balaban J connectivity index is 2.52. The number of halogens is 1. The Morgan fingerprint density at radius 2 is 1.82 bits per heavy atom. The molecule has 1 amide bonds. The van der Waals surface area contributed by atoms with Crippen LogP contribution in [0.4, 0.5) is 0 Å². The summed E-state index contributed by atoms with van der Waals surface area (Å²) in [5, 5.41) is 2.86. The van der Waals surface area contributed by atoms with Gasteiger partial charge in [-0.15, -0.1) is 0 Å². The van der Waals surface area contributed by atoms with Crippen molar-refractivity contribution in [3.8, 4) is 0 Å². The van der Waals surface area contributed by atoms with Crippen molar-refractivity contribution in [3.05, 3.63) is 34.3 Å². The fraction of sp³-hybridized carbons (Fsp3) is 0.500. The Bertz CT molecular complexity index is 793. The van der Waals surface area contributed by atoms with Crippen LogP contribution in [0.1, 0.15) is 56.0 Å². The molecule has 1 N–H and O–H groups in total. The highest BCUT2D eigenvalue weighted by molar-refractivity contribution is 6.33. The third-order valence-corrected chi connectivity index (χ3v) is 5.03. The molecular weight excluding hydrogens is 386 g/mol. The van der Waals surface area contributed by atoms with Crippen molar-refractivity contribution in [1.82, 2.24) is 5.32 Å². The number of nitrogens with one attached hydrogen (secondary N) is 1. The van der Waals surface area contributed by atoms with Crippen molar-refractivity contribution in [2.45, 2.75) is 51.5 Å². The smallest absolute Gasteiger partial charge is 0.396 e. The van der Waals surface area contributed by atoms with E-state index in [2.05, 4.69) is 5.32 Å². The number of fused-ring (bicyclic) bond motifs is 1. The molecule has 2 atom stereocenters. The predicted molar refractivity (Wildman–Crippen MR) is 102 cm³/mol. The third kappa shape index (κ3) is 4.19. The highest BCUT2D eigenvalue weighted by atomic mass is 35.5.